The van der Waals surface area contributed by atoms with Crippen LogP contribution < -0.4 is 0 Å². The van der Waals surface area contributed by atoms with E-state index in [1.165, 1.54) is 13.0 Å². The highest BCUT2D eigenvalue weighted by molar-refractivity contribution is 5.66. The Morgan fingerprint density at radius 3 is 2.56 bits per heavy atom. The third kappa shape index (κ3) is 3.91. The van der Waals surface area contributed by atoms with Crippen molar-refractivity contribution in [2.75, 3.05) is 6.61 Å². The Morgan fingerprint density at radius 2 is 2.06 bits per heavy atom. The first-order valence-corrected chi connectivity index (χ1v) is 4.63. The number of ether oxygens (including phenoxy) is 1. The number of rotatable bonds is 4. The predicted molar refractivity (Wildman–Crippen MR) is 58.0 cm³/mol. The van der Waals surface area contributed by atoms with Gasteiger partial charge in [-0.25, -0.2) is 0 Å². The average molecular weight is 221 g/mol. The Bertz CT molecular complexity index is 411. The molecule has 0 saturated carbocycles. The summed E-state index contributed by atoms with van der Waals surface area (Å²) in [5.41, 5.74) is 0.544. The summed E-state index contributed by atoms with van der Waals surface area (Å²) in [6.45, 7) is 0.886. The zero-order valence-electron chi connectivity index (χ0n) is 8.75. The first-order chi connectivity index (χ1) is 7.59. The third-order valence-electron chi connectivity index (χ3n) is 1.79. The van der Waals surface area contributed by atoms with Crippen molar-refractivity contribution in [1.82, 2.24) is 0 Å². The van der Waals surface area contributed by atoms with Crippen molar-refractivity contribution in [2.24, 2.45) is 0 Å². The number of benzene rings is 1. The van der Waals surface area contributed by atoms with Crippen LogP contribution in [0, 0.1) is 10.1 Å². The van der Waals surface area contributed by atoms with E-state index in [9.17, 15) is 14.9 Å². The van der Waals surface area contributed by atoms with Gasteiger partial charge in [0, 0.05) is 13.0 Å². The van der Waals surface area contributed by atoms with Crippen molar-refractivity contribution in [1.29, 1.82) is 0 Å². The lowest BCUT2D eigenvalue weighted by molar-refractivity contribution is -0.428. The summed E-state index contributed by atoms with van der Waals surface area (Å²) in [5, 5.41) is 10.7. The van der Waals surface area contributed by atoms with Crippen LogP contribution in [0.4, 0.5) is 0 Å². The standard InChI is InChI=1S/C11H11NO4/c1-9(13)16-8-11(12(14)15)7-10-5-3-2-4-6-10/h2-7H,8H2,1H3/b11-7+. The van der Waals surface area contributed by atoms with E-state index in [1.807, 2.05) is 6.07 Å². The van der Waals surface area contributed by atoms with Crippen molar-refractivity contribution in [3.05, 3.63) is 51.7 Å². The summed E-state index contributed by atoms with van der Waals surface area (Å²) in [5.74, 6) is -0.541. The second kappa shape index (κ2) is 5.65. The van der Waals surface area contributed by atoms with E-state index in [0.717, 1.165) is 0 Å². The molecule has 0 fully saturated rings. The number of hydrogen-bond donors (Lipinski definition) is 0. The number of esters is 1. The van der Waals surface area contributed by atoms with E-state index >= 15 is 0 Å². The van der Waals surface area contributed by atoms with Crippen LogP contribution in [0.5, 0.6) is 0 Å². The number of carbonyl (C=O) groups excluding carboxylic acids is 1. The summed E-state index contributed by atoms with van der Waals surface area (Å²) in [6, 6.07) is 8.83. The highest BCUT2D eigenvalue weighted by Gasteiger charge is 2.12. The van der Waals surface area contributed by atoms with Crippen molar-refractivity contribution < 1.29 is 14.5 Å². The van der Waals surface area contributed by atoms with Crippen molar-refractivity contribution in [2.45, 2.75) is 6.92 Å². The van der Waals surface area contributed by atoms with Crippen LogP contribution in [0.25, 0.3) is 6.08 Å². The van der Waals surface area contributed by atoms with Gasteiger partial charge < -0.3 is 4.74 Å². The molecule has 0 unspecified atom stereocenters. The van der Waals surface area contributed by atoms with Crippen LogP contribution >= 0.6 is 0 Å². The van der Waals surface area contributed by atoms with Gasteiger partial charge in [0.15, 0.2) is 6.61 Å². The maximum Gasteiger partial charge on any atom is 0.303 e. The SMILES string of the molecule is CC(=O)OC/C(=C\c1ccccc1)[N+](=O)[O-]. The Morgan fingerprint density at radius 1 is 1.44 bits per heavy atom. The fourth-order valence-corrected chi connectivity index (χ4v) is 1.06. The normalized spacial score (nSPS) is 10.9. The van der Waals surface area contributed by atoms with E-state index in [-0.39, 0.29) is 12.3 Å². The van der Waals surface area contributed by atoms with Crippen LogP contribution in [0.15, 0.2) is 36.0 Å². The number of carbonyl (C=O) groups is 1. The van der Waals surface area contributed by atoms with Gasteiger partial charge in [-0.2, -0.15) is 0 Å². The zero-order valence-corrected chi connectivity index (χ0v) is 8.75. The smallest absolute Gasteiger partial charge is 0.303 e. The lowest BCUT2D eigenvalue weighted by Crippen LogP contribution is -2.09. The van der Waals surface area contributed by atoms with Crippen molar-refractivity contribution >= 4 is 12.0 Å². The summed E-state index contributed by atoms with van der Waals surface area (Å²) >= 11 is 0. The third-order valence-corrected chi connectivity index (χ3v) is 1.79. The number of nitrogens with zero attached hydrogens (tertiary/aromatic N) is 1. The number of nitro groups is 1. The number of hydrogen-bond acceptors (Lipinski definition) is 4. The van der Waals surface area contributed by atoms with Gasteiger partial charge in [0.1, 0.15) is 0 Å². The Kier molecular flexibility index (Phi) is 4.20. The molecule has 0 radical (unpaired) electrons. The van der Waals surface area contributed by atoms with Crippen LogP contribution in [0.2, 0.25) is 0 Å². The molecule has 5 nitrogen and oxygen atoms in total. The van der Waals surface area contributed by atoms with Crippen LogP contribution in [0.1, 0.15) is 12.5 Å². The van der Waals surface area contributed by atoms with Gasteiger partial charge in [-0.15, -0.1) is 0 Å². The zero-order chi connectivity index (χ0) is 12.0. The minimum atomic E-state index is -0.560. The van der Waals surface area contributed by atoms with Gasteiger partial charge in [-0.1, -0.05) is 30.3 Å². The minimum absolute atomic E-state index is 0.151. The second-order valence-electron chi connectivity index (χ2n) is 3.08. The van der Waals surface area contributed by atoms with E-state index in [2.05, 4.69) is 4.74 Å². The van der Waals surface area contributed by atoms with Gasteiger partial charge in [0.05, 0.1) is 4.92 Å². The highest BCUT2D eigenvalue weighted by Crippen LogP contribution is 2.07. The molecule has 0 N–H and O–H groups in total. The van der Waals surface area contributed by atoms with Gasteiger partial charge in [-0.05, 0) is 5.56 Å². The largest absolute Gasteiger partial charge is 0.454 e. The molecule has 16 heavy (non-hydrogen) atoms. The highest BCUT2D eigenvalue weighted by atomic mass is 16.6. The van der Waals surface area contributed by atoms with E-state index in [4.69, 9.17) is 0 Å². The monoisotopic (exact) mass is 221 g/mol. The van der Waals surface area contributed by atoms with E-state index in [0.29, 0.717) is 5.56 Å². The molecule has 0 aliphatic heterocycles. The molecule has 0 bridgehead atoms. The Balaban J connectivity index is 2.81. The van der Waals surface area contributed by atoms with Crippen LogP contribution in [-0.4, -0.2) is 17.5 Å². The molecule has 0 saturated heterocycles. The summed E-state index contributed by atoms with van der Waals surface area (Å²) in [7, 11) is 0. The fourth-order valence-electron chi connectivity index (χ4n) is 1.06. The fraction of sp³-hybridized carbons (Fsp3) is 0.182. The Hall–Kier alpha value is -2.17. The van der Waals surface area contributed by atoms with Crippen molar-refractivity contribution in [3.8, 4) is 0 Å². The lowest BCUT2D eigenvalue weighted by Gasteiger charge is -1.99. The van der Waals surface area contributed by atoms with Crippen molar-refractivity contribution in [3.63, 3.8) is 0 Å². The molecule has 0 heterocycles. The maximum atomic E-state index is 10.7. The molecular weight excluding hydrogens is 210 g/mol. The Labute approximate surface area is 92.5 Å². The molecule has 1 aromatic carbocycles. The molecule has 0 aliphatic rings. The molecule has 0 aliphatic carbocycles. The van der Waals surface area contributed by atoms with Gasteiger partial charge in [0.2, 0.25) is 0 Å². The summed E-state index contributed by atoms with van der Waals surface area (Å²) in [6.07, 6.45) is 1.38. The molecule has 0 atom stereocenters. The molecule has 5 heteroatoms. The van der Waals surface area contributed by atoms with Crippen LogP contribution in [0.3, 0.4) is 0 Å². The van der Waals surface area contributed by atoms with E-state index < -0.39 is 10.9 Å². The molecular formula is C11H11NO4. The average Bonchev–Trinajstić information content (AvgIpc) is 2.25. The minimum Gasteiger partial charge on any atom is -0.454 e. The molecule has 1 rings (SSSR count). The molecule has 0 amide bonds. The molecule has 1 aromatic rings. The second-order valence-corrected chi connectivity index (χ2v) is 3.08. The summed E-state index contributed by atoms with van der Waals surface area (Å²) in [4.78, 5) is 20.7. The quantitative estimate of drug-likeness (QED) is 0.442. The first-order valence-electron chi connectivity index (χ1n) is 4.63. The van der Waals surface area contributed by atoms with Gasteiger partial charge >= 0.3 is 5.97 Å². The summed E-state index contributed by atoms with van der Waals surface area (Å²) < 4.78 is 4.59. The molecule has 84 valence electrons. The van der Waals surface area contributed by atoms with Gasteiger partial charge in [0.25, 0.3) is 5.70 Å². The maximum absolute atomic E-state index is 10.7. The van der Waals surface area contributed by atoms with Gasteiger partial charge in [-0.3, -0.25) is 14.9 Å². The first kappa shape index (κ1) is 11.9. The van der Waals surface area contributed by atoms with Crippen LogP contribution in [-0.2, 0) is 9.53 Å². The van der Waals surface area contributed by atoms with E-state index in [1.54, 1.807) is 24.3 Å². The molecule has 0 spiro atoms. The lowest BCUT2D eigenvalue weighted by atomic mass is 10.2. The predicted octanol–water partition coefficient (Wildman–Crippen LogP) is 1.87. The molecule has 0 aromatic heterocycles. The topological polar surface area (TPSA) is 69.4 Å².